The van der Waals surface area contributed by atoms with Gasteiger partial charge in [-0.15, -0.1) is 11.8 Å². The zero-order valence-corrected chi connectivity index (χ0v) is 9.77. The summed E-state index contributed by atoms with van der Waals surface area (Å²) >= 11 is 5.31. The largest absolute Gasteiger partial charge is 0.249 e. The van der Waals surface area contributed by atoms with Crippen molar-refractivity contribution in [2.75, 3.05) is 0 Å². The van der Waals surface area contributed by atoms with Gasteiger partial charge in [-0.3, -0.25) is 0 Å². The molecule has 1 fully saturated rings. The lowest BCUT2D eigenvalue weighted by Gasteiger charge is -2.06. The van der Waals surface area contributed by atoms with Crippen LogP contribution in [0.5, 0.6) is 0 Å². The van der Waals surface area contributed by atoms with Crippen LogP contribution in [0.2, 0.25) is 0 Å². The lowest BCUT2D eigenvalue weighted by atomic mass is 10.4. The van der Waals surface area contributed by atoms with Crippen LogP contribution in [0.3, 0.4) is 0 Å². The van der Waals surface area contributed by atoms with E-state index in [9.17, 15) is 0 Å². The molecule has 0 atom stereocenters. The Labute approximate surface area is 91.5 Å². The van der Waals surface area contributed by atoms with Crippen LogP contribution in [-0.2, 0) is 0 Å². The maximum Gasteiger partial charge on any atom is 0.0963 e. The van der Waals surface area contributed by atoms with Gasteiger partial charge in [-0.25, -0.2) is 4.98 Å². The van der Waals surface area contributed by atoms with E-state index in [1.807, 2.05) is 18.0 Å². The van der Waals surface area contributed by atoms with Gasteiger partial charge in [0.1, 0.15) is 0 Å². The Hall–Kier alpha value is -0.0200. The van der Waals surface area contributed by atoms with Gasteiger partial charge >= 0.3 is 0 Å². The molecule has 1 nitrogen and oxygen atoms in total. The van der Waals surface area contributed by atoms with Gasteiger partial charge in [0.15, 0.2) is 0 Å². The summed E-state index contributed by atoms with van der Waals surface area (Å²) in [6.45, 7) is 0. The molecule has 0 radical (unpaired) electrons. The number of pyridine rings is 1. The molecular weight excluding hydrogens is 246 g/mol. The van der Waals surface area contributed by atoms with Gasteiger partial charge in [0, 0.05) is 15.9 Å². The Morgan fingerprint density at radius 2 is 2.08 bits per heavy atom. The van der Waals surface area contributed by atoms with Crippen molar-refractivity contribution in [1.29, 1.82) is 0 Å². The Balaban J connectivity index is 1.97. The minimum Gasteiger partial charge on any atom is -0.249 e. The van der Waals surface area contributed by atoms with Crippen molar-refractivity contribution in [2.45, 2.75) is 36.0 Å². The van der Waals surface area contributed by atoms with E-state index < -0.39 is 0 Å². The van der Waals surface area contributed by atoms with Crippen molar-refractivity contribution in [3.05, 3.63) is 22.8 Å². The van der Waals surface area contributed by atoms with Crippen molar-refractivity contribution in [2.24, 2.45) is 0 Å². The monoisotopic (exact) mass is 257 g/mol. The molecule has 13 heavy (non-hydrogen) atoms. The van der Waals surface area contributed by atoms with Crippen LogP contribution in [0, 0.1) is 0 Å². The van der Waals surface area contributed by atoms with E-state index in [1.165, 1.54) is 25.7 Å². The molecule has 70 valence electrons. The molecule has 1 saturated carbocycles. The van der Waals surface area contributed by atoms with Crippen molar-refractivity contribution < 1.29 is 0 Å². The number of hydrogen-bond donors (Lipinski definition) is 0. The van der Waals surface area contributed by atoms with Crippen LogP contribution in [0.15, 0.2) is 27.8 Å². The van der Waals surface area contributed by atoms with E-state index in [0.717, 1.165) is 14.7 Å². The second-order valence-electron chi connectivity index (χ2n) is 3.34. The number of rotatable bonds is 2. The molecule has 0 unspecified atom stereocenters. The van der Waals surface area contributed by atoms with E-state index >= 15 is 0 Å². The predicted molar refractivity (Wildman–Crippen MR) is 60.1 cm³/mol. The van der Waals surface area contributed by atoms with E-state index in [4.69, 9.17) is 0 Å². The minimum absolute atomic E-state index is 0.814. The first-order chi connectivity index (χ1) is 6.34. The standard InChI is InChI=1S/C10H12BrNS/c11-8-5-6-10(12-7-8)13-9-3-1-2-4-9/h5-7,9H,1-4H2. The molecule has 0 amide bonds. The molecule has 1 aliphatic rings. The van der Waals surface area contributed by atoms with Gasteiger partial charge in [-0.1, -0.05) is 12.8 Å². The fourth-order valence-electron chi connectivity index (χ4n) is 1.61. The summed E-state index contributed by atoms with van der Waals surface area (Å²) < 4.78 is 1.06. The van der Waals surface area contributed by atoms with E-state index in [1.54, 1.807) is 0 Å². The maximum atomic E-state index is 4.36. The minimum atomic E-state index is 0.814. The normalized spacial score (nSPS) is 17.9. The van der Waals surface area contributed by atoms with Crippen molar-refractivity contribution in [3.8, 4) is 0 Å². The Morgan fingerprint density at radius 3 is 2.69 bits per heavy atom. The molecule has 0 N–H and O–H groups in total. The van der Waals surface area contributed by atoms with Gasteiger partial charge in [-0.05, 0) is 40.9 Å². The lowest BCUT2D eigenvalue weighted by molar-refractivity contribution is 0.886. The molecule has 0 aliphatic heterocycles. The van der Waals surface area contributed by atoms with Crippen LogP contribution in [-0.4, -0.2) is 10.2 Å². The van der Waals surface area contributed by atoms with Gasteiger partial charge in [0.05, 0.1) is 5.03 Å². The topological polar surface area (TPSA) is 12.9 Å². The predicted octanol–water partition coefficient (Wildman–Crippen LogP) is 3.88. The average molecular weight is 258 g/mol. The van der Waals surface area contributed by atoms with Crippen LogP contribution in [0.4, 0.5) is 0 Å². The Morgan fingerprint density at radius 1 is 1.31 bits per heavy atom. The lowest BCUT2D eigenvalue weighted by Crippen LogP contribution is -1.94. The first-order valence-electron chi connectivity index (χ1n) is 4.63. The van der Waals surface area contributed by atoms with E-state index in [2.05, 4.69) is 33.0 Å². The second kappa shape index (κ2) is 4.47. The summed E-state index contributed by atoms with van der Waals surface area (Å²) in [5.41, 5.74) is 0. The third kappa shape index (κ3) is 2.71. The first kappa shape index (κ1) is 9.53. The van der Waals surface area contributed by atoms with E-state index in [-0.39, 0.29) is 0 Å². The molecule has 3 heteroatoms. The van der Waals surface area contributed by atoms with Gasteiger partial charge in [0.25, 0.3) is 0 Å². The summed E-state index contributed by atoms with van der Waals surface area (Å²) in [6, 6.07) is 4.15. The molecule has 1 heterocycles. The molecule has 0 bridgehead atoms. The number of aromatic nitrogens is 1. The number of hydrogen-bond acceptors (Lipinski definition) is 2. The molecule has 1 aliphatic carbocycles. The number of nitrogens with zero attached hydrogens (tertiary/aromatic N) is 1. The number of thioether (sulfide) groups is 1. The second-order valence-corrected chi connectivity index (χ2v) is 5.58. The van der Waals surface area contributed by atoms with Gasteiger partial charge < -0.3 is 0 Å². The molecular formula is C10H12BrNS. The fraction of sp³-hybridized carbons (Fsp3) is 0.500. The van der Waals surface area contributed by atoms with Crippen molar-refractivity contribution in [1.82, 2.24) is 4.98 Å². The summed E-state index contributed by atoms with van der Waals surface area (Å²) in [7, 11) is 0. The summed E-state index contributed by atoms with van der Waals surface area (Å²) in [5, 5.41) is 1.98. The number of halogens is 1. The fourth-order valence-corrected chi connectivity index (χ4v) is 3.01. The SMILES string of the molecule is Brc1ccc(SC2CCCC2)nc1. The highest BCUT2D eigenvalue weighted by atomic mass is 79.9. The van der Waals surface area contributed by atoms with E-state index in [0.29, 0.717) is 0 Å². The van der Waals surface area contributed by atoms with Crippen LogP contribution < -0.4 is 0 Å². The molecule has 2 rings (SSSR count). The Kier molecular flexibility index (Phi) is 3.28. The molecule has 0 saturated heterocycles. The molecule has 0 aromatic carbocycles. The quantitative estimate of drug-likeness (QED) is 0.798. The highest BCUT2D eigenvalue weighted by molar-refractivity contribution is 9.10. The average Bonchev–Trinajstić information content (AvgIpc) is 2.62. The Bertz CT molecular complexity index is 267. The van der Waals surface area contributed by atoms with Crippen LogP contribution in [0.25, 0.3) is 0 Å². The zero-order chi connectivity index (χ0) is 9.10. The summed E-state index contributed by atoms with van der Waals surface area (Å²) in [5.74, 6) is 0. The molecule has 1 aromatic heterocycles. The zero-order valence-electron chi connectivity index (χ0n) is 7.37. The summed E-state index contributed by atoms with van der Waals surface area (Å²) in [6.07, 6.45) is 7.39. The van der Waals surface area contributed by atoms with Crippen LogP contribution in [0.1, 0.15) is 25.7 Å². The van der Waals surface area contributed by atoms with Gasteiger partial charge in [0.2, 0.25) is 0 Å². The molecule has 1 aromatic rings. The van der Waals surface area contributed by atoms with Crippen molar-refractivity contribution >= 4 is 27.7 Å². The highest BCUT2D eigenvalue weighted by Crippen LogP contribution is 2.33. The van der Waals surface area contributed by atoms with Gasteiger partial charge in [-0.2, -0.15) is 0 Å². The third-order valence-electron chi connectivity index (χ3n) is 2.29. The summed E-state index contributed by atoms with van der Waals surface area (Å²) in [4.78, 5) is 4.36. The highest BCUT2D eigenvalue weighted by Gasteiger charge is 2.16. The maximum absolute atomic E-state index is 4.36. The van der Waals surface area contributed by atoms with Crippen molar-refractivity contribution in [3.63, 3.8) is 0 Å². The smallest absolute Gasteiger partial charge is 0.0963 e. The van der Waals surface area contributed by atoms with Crippen LogP contribution >= 0.6 is 27.7 Å². The molecule has 0 spiro atoms. The third-order valence-corrected chi connectivity index (χ3v) is 4.05. The first-order valence-corrected chi connectivity index (χ1v) is 6.30.